The summed E-state index contributed by atoms with van der Waals surface area (Å²) in [7, 11) is 0. The van der Waals surface area contributed by atoms with Crippen LogP contribution < -0.4 is 10.6 Å². The lowest BCUT2D eigenvalue weighted by atomic mass is 10.1. The van der Waals surface area contributed by atoms with E-state index in [0.717, 1.165) is 0 Å². The highest BCUT2D eigenvalue weighted by Crippen LogP contribution is 2.12. The van der Waals surface area contributed by atoms with Crippen molar-refractivity contribution in [1.82, 2.24) is 10.6 Å². The Balaban J connectivity index is 2.25. The van der Waals surface area contributed by atoms with Gasteiger partial charge in [-0.15, -0.1) is 0 Å². The molecule has 106 valence electrons. The lowest BCUT2D eigenvalue weighted by molar-refractivity contribution is -0.120. The summed E-state index contributed by atoms with van der Waals surface area (Å²) in [5, 5.41) is 15.5. The number of aliphatic hydroxyl groups is 1. The number of benzene rings is 1. The second-order valence-electron chi connectivity index (χ2n) is 4.90. The lowest BCUT2D eigenvalue weighted by Gasteiger charge is -2.12. The van der Waals surface area contributed by atoms with Gasteiger partial charge >= 0.3 is 0 Å². The number of amides is 1. The van der Waals surface area contributed by atoms with E-state index in [1.165, 1.54) is 24.3 Å². The van der Waals surface area contributed by atoms with Crippen LogP contribution in [-0.4, -0.2) is 30.6 Å². The van der Waals surface area contributed by atoms with Gasteiger partial charge in [0.25, 0.3) is 0 Å². The molecule has 0 spiro atoms. The number of aliphatic hydroxyl groups excluding tert-OH is 1. The van der Waals surface area contributed by atoms with E-state index in [4.69, 9.17) is 0 Å². The highest BCUT2D eigenvalue weighted by Gasteiger charge is 2.08. The summed E-state index contributed by atoms with van der Waals surface area (Å²) in [5.74, 6) is -0.0225. The summed E-state index contributed by atoms with van der Waals surface area (Å²) in [6.45, 7) is 5.09. The molecule has 19 heavy (non-hydrogen) atoms. The molecule has 1 unspecified atom stereocenters. The number of hydrogen-bond donors (Lipinski definition) is 3. The molecule has 0 fully saturated rings. The monoisotopic (exact) mass is 268 g/mol. The van der Waals surface area contributed by atoms with Crippen LogP contribution in [0.2, 0.25) is 0 Å². The van der Waals surface area contributed by atoms with E-state index in [9.17, 15) is 14.3 Å². The number of carbonyl (C=O) groups is 1. The predicted octanol–water partition coefficient (Wildman–Crippen LogP) is 1.22. The summed E-state index contributed by atoms with van der Waals surface area (Å²) in [6.07, 6.45) is -0.751. The van der Waals surface area contributed by atoms with Crippen molar-refractivity contribution < 1.29 is 14.3 Å². The first-order chi connectivity index (χ1) is 8.99. The number of hydrogen-bond acceptors (Lipinski definition) is 3. The van der Waals surface area contributed by atoms with Crippen LogP contribution in [0, 0.1) is 11.7 Å². The van der Waals surface area contributed by atoms with E-state index in [2.05, 4.69) is 10.6 Å². The fourth-order valence-electron chi connectivity index (χ4n) is 1.51. The van der Waals surface area contributed by atoms with Gasteiger partial charge in [0.15, 0.2) is 0 Å². The van der Waals surface area contributed by atoms with Crippen LogP contribution in [0.3, 0.4) is 0 Å². The fraction of sp³-hybridized carbons (Fsp3) is 0.500. The van der Waals surface area contributed by atoms with Crippen LogP contribution in [0.1, 0.15) is 25.5 Å². The highest BCUT2D eigenvalue weighted by molar-refractivity contribution is 5.77. The van der Waals surface area contributed by atoms with Gasteiger partial charge in [0.1, 0.15) is 5.82 Å². The van der Waals surface area contributed by atoms with Crippen molar-refractivity contribution in [3.63, 3.8) is 0 Å². The van der Waals surface area contributed by atoms with Gasteiger partial charge in [0.05, 0.1) is 12.6 Å². The predicted molar refractivity (Wildman–Crippen MR) is 72.1 cm³/mol. The normalized spacial score (nSPS) is 12.5. The second-order valence-corrected chi connectivity index (χ2v) is 4.90. The molecule has 0 aliphatic rings. The number of halogens is 1. The summed E-state index contributed by atoms with van der Waals surface area (Å²) >= 11 is 0. The topological polar surface area (TPSA) is 61.4 Å². The van der Waals surface area contributed by atoms with Gasteiger partial charge in [-0.1, -0.05) is 26.0 Å². The minimum atomic E-state index is -0.751. The Hall–Kier alpha value is -1.46. The highest BCUT2D eigenvalue weighted by atomic mass is 19.1. The average Bonchev–Trinajstić information content (AvgIpc) is 2.37. The maximum absolute atomic E-state index is 12.7. The Labute approximate surface area is 113 Å². The Kier molecular flexibility index (Phi) is 6.45. The van der Waals surface area contributed by atoms with Gasteiger partial charge in [0, 0.05) is 13.1 Å². The molecule has 5 heteroatoms. The molecule has 1 rings (SSSR count). The molecule has 0 saturated heterocycles. The molecule has 0 radical (unpaired) electrons. The van der Waals surface area contributed by atoms with E-state index in [0.29, 0.717) is 18.0 Å². The van der Waals surface area contributed by atoms with Gasteiger partial charge in [-0.2, -0.15) is 0 Å². The van der Waals surface area contributed by atoms with Crippen LogP contribution in [0.15, 0.2) is 24.3 Å². The summed E-state index contributed by atoms with van der Waals surface area (Å²) < 4.78 is 12.7. The first kappa shape index (κ1) is 15.6. The van der Waals surface area contributed by atoms with Crippen molar-refractivity contribution >= 4 is 5.91 Å². The Morgan fingerprint density at radius 3 is 2.47 bits per heavy atom. The van der Waals surface area contributed by atoms with Crippen molar-refractivity contribution in [2.75, 3.05) is 19.6 Å². The molecule has 1 amide bonds. The first-order valence-electron chi connectivity index (χ1n) is 6.40. The summed E-state index contributed by atoms with van der Waals surface area (Å²) in [6, 6.07) is 5.66. The molecule has 0 bridgehead atoms. The molecule has 1 aromatic carbocycles. The molecule has 0 aliphatic carbocycles. The standard InChI is InChI=1S/C14H21FN2O2/c1-10(2)7-17-14(19)9-16-8-13(18)11-3-5-12(15)6-4-11/h3-6,10,13,16,18H,7-9H2,1-2H3,(H,17,19). The van der Waals surface area contributed by atoms with Gasteiger partial charge < -0.3 is 15.7 Å². The quantitative estimate of drug-likeness (QED) is 0.697. The van der Waals surface area contributed by atoms with Crippen molar-refractivity contribution in [2.45, 2.75) is 20.0 Å². The van der Waals surface area contributed by atoms with E-state index in [1.54, 1.807) is 0 Å². The zero-order valence-corrected chi connectivity index (χ0v) is 11.3. The molecule has 1 atom stereocenters. The van der Waals surface area contributed by atoms with E-state index < -0.39 is 6.10 Å². The third-order valence-corrected chi connectivity index (χ3v) is 2.59. The molecule has 3 N–H and O–H groups in total. The molecular formula is C14H21FN2O2. The third kappa shape index (κ3) is 6.31. The third-order valence-electron chi connectivity index (χ3n) is 2.59. The Morgan fingerprint density at radius 2 is 1.89 bits per heavy atom. The van der Waals surface area contributed by atoms with Gasteiger partial charge in [0.2, 0.25) is 5.91 Å². The largest absolute Gasteiger partial charge is 0.387 e. The van der Waals surface area contributed by atoms with Crippen LogP contribution in [0.4, 0.5) is 4.39 Å². The minimum absolute atomic E-state index is 0.0972. The first-order valence-corrected chi connectivity index (χ1v) is 6.40. The summed E-state index contributed by atoms with van der Waals surface area (Å²) in [4.78, 5) is 11.4. The van der Waals surface area contributed by atoms with Gasteiger partial charge in [-0.25, -0.2) is 4.39 Å². The smallest absolute Gasteiger partial charge is 0.233 e. The molecule has 0 saturated carbocycles. The van der Waals surface area contributed by atoms with Crippen molar-refractivity contribution in [3.8, 4) is 0 Å². The van der Waals surface area contributed by atoms with Crippen molar-refractivity contribution in [3.05, 3.63) is 35.6 Å². The second kappa shape index (κ2) is 7.86. The van der Waals surface area contributed by atoms with Crippen LogP contribution in [-0.2, 0) is 4.79 Å². The Morgan fingerprint density at radius 1 is 1.26 bits per heavy atom. The van der Waals surface area contributed by atoms with Crippen LogP contribution in [0.25, 0.3) is 0 Å². The number of carbonyl (C=O) groups excluding carboxylic acids is 1. The van der Waals surface area contributed by atoms with E-state index >= 15 is 0 Å². The molecule has 1 aromatic rings. The number of nitrogens with one attached hydrogen (secondary N) is 2. The minimum Gasteiger partial charge on any atom is -0.387 e. The van der Waals surface area contributed by atoms with Gasteiger partial charge in [-0.05, 0) is 23.6 Å². The van der Waals surface area contributed by atoms with Crippen molar-refractivity contribution in [1.29, 1.82) is 0 Å². The van der Waals surface area contributed by atoms with E-state index in [1.807, 2.05) is 13.8 Å². The average molecular weight is 268 g/mol. The molecule has 0 aliphatic heterocycles. The maximum Gasteiger partial charge on any atom is 0.233 e. The maximum atomic E-state index is 12.7. The molecule has 0 aromatic heterocycles. The van der Waals surface area contributed by atoms with Crippen LogP contribution >= 0.6 is 0 Å². The lowest BCUT2D eigenvalue weighted by Crippen LogP contribution is -2.37. The van der Waals surface area contributed by atoms with Gasteiger partial charge in [-0.3, -0.25) is 4.79 Å². The van der Waals surface area contributed by atoms with Crippen molar-refractivity contribution in [2.24, 2.45) is 5.92 Å². The molecular weight excluding hydrogens is 247 g/mol. The Bertz CT molecular complexity index is 393. The zero-order valence-electron chi connectivity index (χ0n) is 11.3. The molecule has 0 heterocycles. The molecule has 4 nitrogen and oxygen atoms in total. The zero-order chi connectivity index (χ0) is 14.3. The fourth-order valence-corrected chi connectivity index (χ4v) is 1.51. The van der Waals surface area contributed by atoms with E-state index in [-0.39, 0.29) is 24.8 Å². The summed E-state index contributed by atoms with van der Waals surface area (Å²) in [5.41, 5.74) is 0.622. The van der Waals surface area contributed by atoms with Crippen LogP contribution in [0.5, 0.6) is 0 Å². The number of rotatable bonds is 7. The SMILES string of the molecule is CC(C)CNC(=O)CNCC(O)c1ccc(F)cc1.